The van der Waals surface area contributed by atoms with Gasteiger partial charge in [-0.3, -0.25) is 14.5 Å². The van der Waals surface area contributed by atoms with Crippen LogP contribution in [0.25, 0.3) is 0 Å². The number of amides is 1. The number of ether oxygens (including phenoxy) is 1. The second kappa shape index (κ2) is 13.0. The largest absolute Gasteiger partial charge is 0.466 e. The maximum atomic E-state index is 12.4. The van der Waals surface area contributed by atoms with E-state index in [0.29, 0.717) is 31.1 Å². The fraction of sp³-hybridized carbons (Fsp3) is 0.308. The molecule has 172 valence electrons. The molecule has 0 aliphatic carbocycles. The number of para-hydroxylation sites is 2. The second-order valence-corrected chi connectivity index (χ2v) is 7.50. The minimum absolute atomic E-state index is 0.146. The SMILES string of the molecule is CCOC(=O)CCCCCCNC(=O)c1cnc(N(c2ccccc2)c2ccccc2)nc1. The van der Waals surface area contributed by atoms with Crippen molar-refractivity contribution in [2.75, 3.05) is 18.1 Å². The summed E-state index contributed by atoms with van der Waals surface area (Å²) >= 11 is 0. The fourth-order valence-corrected chi connectivity index (χ4v) is 3.37. The van der Waals surface area contributed by atoms with Crippen molar-refractivity contribution in [1.82, 2.24) is 15.3 Å². The maximum Gasteiger partial charge on any atom is 0.305 e. The highest BCUT2D eigenvalue weighted by atomic mass is 16.5. The summed E-state index contributed by atoms with van der Waals surface area (Å²) in [4.78, 5) is 34.6. The summed E-state index contributed by atoms with van der Waals surface area (Å²) in [6.07, 6.45) is 7.09. The van der Waals surface area contributed by atoms with E-state index in [0.717, 1.165) is 37.1 Å². The van der Waals surface area contributed by atoms with E-state index in [2.05, 4.69) is 15.3 Å². The van der Waals surface area contributed by atoms with Gasteiger partial charge >= 0.3 is 5.97 Å². The smallest absolute Gasteiger partial charge is 0.305 e. The van der Waals surface area contributed by atoms with Gasteiger partial charge in [-0.1, -0.05) is 49.2 Å². The van der Waals surface area contributed by atoms with Gasteiger partial charge in [-0.15, -0.1) is 0 Å². The Labute approximate surface area is 194 Å². The lowest BCUT2D eigenvalue weighted by molar-refractivity contribution is -0.143. The van der Waals surface area contributed by atoms with Crippen LogP contribution in [-0.4, -0.2) is 35.0 Å². The quantitative estimate of drug-likeness (QED) is 0.304. The van der Waals surface area contributed by atoms with Crippen molar-refractivity contribution < 1.29 is 14.3 Å². The van der Waals surface area contributed by atoms with Crippen LogP contribution < -0.4 is 10.2 Å². The first kappa shape index (κ1) is 23.9. The van der Waals surface area contributed by atoms with Crippen LogP contribution in [0, 0.1) is 0 Å². The molecule has 7 heteroatoms. The minimum Gasteiger partial charge on any atom is -0.466 e. The van der Waals surface area contributed by atoms with E-state index in [1.165, 1.54) is 0 Å². The van der Waals surface area contributed by atoms with Gasteiger partial charge in [-0.2, -0.15) is 0 Å². The highest BCUT2D eigenvalue weighted by Crippen LogP contribution is 2.31. The van der Waals surface area contributed by atoms with Crippen molar-refractivity contribution >= 4 is 29.2 Å². The van der Waals surface area contributed by atoms with Crippen LogP contribution in [0.15, 0.2) is 73.1 Å². The zero-order chi connectivity index (χ0) is 23.3. The van der Waals surface area contributed by atoms with Gasteiger partial charge in [0, 0.05) is 36.7 Å². The van der Waals surface area contributed by atoms with E-state index in [9.17, 15) is 9.59 Å². The van der Waals surface area contributed by atoms with E-state index in [1.54, 1.807) is 12.4 Å². The molecular formula is C26H30N4O3. The number of carbonyl (C=O) groups excluding carboxylic acids is 2. The Kier molecular flexibility index (Phi) is 9.39. The molecule has 3 rings (SSSR count). The molecule has 0 spiro atoms. The van der Waals surface area contributed by atoms with Crippen LogP contribution in [-0.2, 0) is 9.53 Å². The summed E-state index contributed by atoms with van der Waals surface area (Å²) in [5.41, 5.74) is 2.29. The summed E-state index contributed by atoms with van der Waals surface area (Å²) < 4.78 is 4.91. The molecule has 0 aliphatic rings. The van der Waals surface area contributed by atoms with Crippen molar-refractivity contribution in [3.8, 4) is 0 Å². The zero-order valence-corrected chi connectivity index (χ0v) is 18.9. The van der Waals surface area contributed by atoms with Gasteiger partial charge in [0.1, 0.15) is 0 Å². The van der Waals surface area contributed by atoms with Crippen LogP contribution in [0.5, 0.6) is 0 Å². The number of anilines is 3. The molecule has 1 N–H and O–H groups in total. The Morgan fingerprint density at radius 2 is 1.42 bits per heavy atom. The van der Waals surface area contributed by atoms with Gasteiger partial charge in [-0.05, 0) is 44.0 Å². The third-order valence-electron chi connectivity index (χ3n) is 5.03. The first-order valence-corrected chi connectivity index (χ1v) is 11.3. The molecule has 1 aromatic heterocycles. The standard InChI is InChI=1S/C26H30N4O3/c1-2-33-24(31)17-11-3-4-12-18-27-25(32)21-19-28-26(29-20-21)30(22-13-7-5-8-14-22)23-15-9-6-10-16-23/h5-10,13-16,19-20H,2-4,11-12,17-18H2,1H3,(H,27,32). The topological polar surface area (TPSA) is 84.4 Å². The van der Waals surface area contributed by atoms with Gasteiger partial charge in [0.15, 0.2) is 0 Å². The van der Waals surface area contributed by atoms with Gasteiger partial charge in [0.05, 0.1) is 12.2 Å². The number of carbonyl (C=O) groups is 2. The molecule has 3 aromatic rings. The average molecular weight is 447 g/mol. The summed E-state index contributed by atoms with van der Waals surface area (Å²) in [7, 11) is 0. The number of benzene rings is 2. The monoisotopic (exact) mass is 446 g/mol. The van der Waals surface area contributed by atoms with E-state index in [-0.39, 0.29) is 11.9 Å². The second-order valence-electron chi connectivity index (χ2n) is 7.50. The summed E-state index contributed by atoms with van der Waals surface area (Å²) in [6.45, 7) is 2.80. The number of nitrogens with zero attached hydrogens (tertiary/aromatic N) is 3. The highest BCUT2D eigenvalue weighted by molar-refractivity contribution is 5.93. The van der Waals surface area contributed by atoms with Crippen molar-refractivity contribution in [3.05, 3.63) is 78.6 Å². The molecule has 0 bridgehead atoms. The van der Waals surface area contributed by atoms with Crippen LogP contribution in [0.2, 0.25) is 0 Å². The Morgan fingerprint density at radius 3 is 2.00 bits per heavy atom. The van der Waals surface area contributed by atoms with Gasteiger partial charge in [0.2, 0.25) is 5.95 Å². The molecule has 0 saturated carbocycles. The number of esters is 1. The molecule has 33 heavy (non-hydrogen) atoms. The number of aromatic nitrogens is 2. The van der Waals surface area contributed by atoms with Crippen molar-refractivity contribution in [2.45, 2.75) is 39.0 Å². The van der Waals surface area contributed by atoms with E-state index < -0.39 is 0 Å². The Morgan fingerprint density at radius 1 is 0.848 bits per heavy atom. The fourth-order valence-electron chi connectivity index (χ4n) is 3.37. The number of hydrogen-bond acceptors (Lipinski definition) is 6. The number of rotatable bonds is 12. The minimum atomic E-state index is -0.195. The Balaban J connectivity index is 1.52. The van der Waals surface area contributed by atoms with Crippen molar-refractivity contribution in [3.63, 3.8) is 0 Å². The normalized spacial score (nSPS) is 10.5. The maximum absolute atomic E-state index is 12.4. The predicted octanol–water partition coefficient (Wildman–Crippen LogP) is 5.19. The summed E-state index contributed by atoms with van der Waals surface area (Å²) in [5.74, 6) is 0.150. The van der Waals surface area contributed by atoms with Crippen LogP contribution in [0.4, 0.5) is 17.3 Å². The first-order valence-electron chi connectivity index (χ1n) is 11.3. The Bertz CT molecular complexity index is 956. The van der Waals surface area contributed by atoms with Crippen molar-refractivity contribution in [2.24, 2.45) is 0 Å². The van der Waals surface area contributed by atoms with Gasteiger partial charge in [0.25, 0.3) is 5.91 Å². The molecule has 1 amide bonds. The molecule has 0 fully saturated rings. The van der Waals surface area contributed by atoms with Gasteiger partial charge < -0.3 is 10.1 Å². The number of hydrogen-bond donors (Lipinski definition) is 1. The summed E-state index contributed by atoms with van der Waals surface area (Å²) in [5, 5.41) is 2.91. The van der Waals surface area contributed by atoms with Crippen molar-refractivity contribution in [1.29, 1.82) is 0 Å². The third-order valence-corrected chi connectivity index (χ3v) is 5.03. The predicted molar refractivity (Wildman–Crippen MR) is 129 cm³/mol. The molecule has 0 unspecified atom stereocenters. The lowest BCUT2D eigenvalue weighted by atomic mass is 10.1. The molecule has 1 heterocycles. The number of unbranched alkanes of at least 4 members (excludes halogenated alkanes) is 3. The summed E-state index contributed by atoms with van der Waals surface area (Å²) in [6, 6.07) is 19.7. The first-order chi connectivity index (χ1) is 16.2. The third kappa shape index (κ3) is 7.42. The van der Waals surface area contributed by atoms with E-state index >= 15 is 0 Å². The average Bonchev–Trinajstić information content (AvgIpc) is 2.85. The lowest BCUT2D eigenvalue weighted by Crippen LogP contribution is -2.25. The molecule has 0 radical (unpaired) electrons. The molecular weight excluding hydrogens is 416 g/mol. The Hall–Kier alpha value is -3.74. The zero-order valence-electron chi connectivity index (χ0n) is 18.9. The van der Waals surface area contributed by atoms with Crippen LogP contribution >= 0.6 is 0 Å². The molecule has 0 aliphatic heterocycles. The molecule has 0 atom stereocenters. The molecule has 7 nitrogen and oxygen atoms in total. The molecule has 2 aromatic carbocycles. The van der Waals surface area contributed by atoms with E-state index in [4.69, 9.17) is 4.74 Å². The lowest BCUT2D eigenvalue weighted by Gasteiger charge is -2.22. The van der Waals surface area contributed by atoms with Crippen LogP contribution in [0.1, 0.15) is 49.4 Å². The molecule has 0 saturated heterocycles. The van der Waals surface area contributed by atoms with Gasteiger partial charge in [-0.25, -0.2) is 9.97 Å². The van der Waals surface area contributed by atoms with Crippen LogP contribution in [0.3, 0.4) is 0 Å². The van der Waals surface area contributed by atoms with E-state index in [1.807, 2.05) is 72.5 Å². The highest BCUT2D eigenvalue weighted by Gasteiger charge is 2.15. The number of nitrogens with one attached hydrogen (secondary N) is 1.